The van der Waals surface area contributed by atoms with E-state index in [9.17, 15) is 9.90 Å². The van der Waals surface area contributed by atoms with Gasteiger partial charge in [0.15, 0.2) is 6.61 Å². The van der Waals surface area contributed by atoms with Gasteiger partial charge >= 0.3 is 0 Å². The molecule has 5 heteroatoms. The quantitative estimate of drug-likeness (QED) is 0.899. The predicted octanol–water partition coefficient (Wildman–Crippen LogP) is 1.75. The topological polar surface area (TPSA) is 73.6 Å². The smallest absolute Gasteiger partial charge is 0.227 e. The number of nitriles is 1. The first-order valence-electron chi connectivity index (χ1n) is 7.64. The van der Waals surface area contributed by atoms with Crippen LogP contribution in [0.25, 0.3) is 0 Å². The van der Waals surface area contributed by atoms with Crippen LogP contribution in [0.2, 0.25) is 0 Å². The summed E-state index contributed by atoms with van der Waals surface area (Å²) in [5, 5.41) is 18.2. The number of amides is 1. The number of piperidine rings is 1. The van der Waals surface area contributed by atoms with Gasteiger partial charge in [-0.15, -0.1) is 0 Å². The third-order valence-electron chi connectivity index (χ3n) is 4.05. The number of benzene rings is 1. The molecule has 1 aliphatic heterocycles. The number of nitrogens with zero attached hydrogens (tertiary/aromatic N) is 2. The lowest BCUT2D eigenvalue weighted by Gasteiger charge is -2.34. The monoisotopic (exact) mass is 302 g/mol. The standard InChI is InChI=1S/C17H22N2O3/c1-13(20)15-5-3-8-19(12-15)17(21)11-14-4-2-6-16(10-14)22-9-7-18/h2,4,6,10,13,15,20H,3,5,8-9,11-12H2,1H3. The third-order valence-corrected chi connectivity index (χ3v) is 4.05. The minimum atomic E-state index is -0.377. The minimum absolute atomic E-state index is 0.000404. The van der Waals surface area contributed by atoms with E-state index in [1.165, 1.54) is 0 Å². The van der Waals surface area contributed by atoms with E-state index in [1.54, 1.807) is 19.1 Å². The Labute approximate surface area is 131 Å². The number of aliphatic hydroxyl groups excluding tert-OH is 1. The van der Waals surface area contributed by atoms with E-state index in [0.717, 1.165) is 24.9 Å². The van der Waals surface area contributed by atoms with Crippen molar-refractivity contribution in [1.29, 1.82) is 5.26 Å². The average Bonchev–Trinajstić information content (AvgIpc) is 2.53. The molecule has 1 N–H and O–H groups in total. The molecule has 0 spiro atoms. The summed E-state index contributed by atoms with van der Waals surface area (Å²) in [6.07, 6.45) is 1.85. The minimum Gasteiger partial charge on any atom is -0.479 e. The van der Waals surface area contributed by atoms with Crippen LogP contribution in [-0.2, 0) is 11.2 Å². The first kappa shape index (κ1) is 16.3. The molecule has 0 aliphatic carbocycles. The summed E-state index contributed by atoms with van der Waals surface area (Å²) in [5.74, 6) is 0.845. The Kier molecular flexibility index (Phi) is 5.79. The van der Waals surface area contributed by atoms with Gasteiger partial charge in [-0.3, -0.25) is 4.79 Å². The van der Waals surface area contributed by atoms with Crippen molar-refractivity contribution in [3.05, 3.63) is 29.8 Å². The van der Waals surface area contributed by atoms with Crippen LogP contribution in [0.15, 0.2) is 24.3 Å². The second kappa shape index (κ2) is 7.81. The first-order chi connectivity index (χ1) is 10.6. The fourth-order valence-electron chi connectivity index (χ4n) is 2.78. The number of hydrogen-bond acceptors (Lipinski definition) is 4. The Bertz CT molecular complexity index is 551. The highest BCUT2D eigenvalue weighted by Crippen LogP contribution is 2.21. The molecule has 5 nitrogen and oxygen atoms in total. The van der Waals surface area contributed by atoms with E-state index in [0.29, 0.717) is 18.7 Å². The lowest BCUT2D eigenvalue weighted by Crippen LogP contribution is -2.43. The van der Waals surface area contributed by atoms with Crippen LogP contribution in [0.1, 0.15) is 25.3 Å². The highest BCUT2D eigenvalue weighted by Gasteiger charge is 2.26. The lowest BCUT2D eigenvalue weighted by molar-refractivity contribution is -0.133. The van der Waals surface area contributed by atoms with E-state index in [-0.39, 0.29) is 24.5 Å². The molecule has 0 radical (unpaired) electrons. The average molecular weight is 302 g/mol. The number of aliphatic hydroxyl groups is 1. The van der Waals surface area contributed by atoms with E-state index in [4.69, 9.17) is 10.00 Å². The van der Waals surface area contributed by atoms with Gasteiger partial charge in [0.1, 0.15) is 11.8 Å². The first-order valence-corrected chi connectivity index (χ1v) is 7.64. The maximum atomic E-state index is 12.4. The van der Waals surface area contributed by atoms with Crippen LogP contribution in [0.3, 0.4) is 0 Å². The molecule has 1 heterocycles. The summed E-state index contributed by atoms with van der Waals surface area (Å²) in [4.78, 5) is 14.2. The highest BCUT2D eigenvalue weighted by molar-refractivity contribution is 5.79. The van der Waals surface area contributed by atoms with Crippen LogP contribution in [-0.4, -0.2) is 41.7 Å². The van der Waals surface area contributed by atoms with Gasteiger partial charge < -0.3 is 14.7 Å². The van der Waals surface area contributed by atoms with Gasteiger partial charge in [0.05, 0.1) is 12.5 Å². The SMILES string of the molecule is CC(O)C1CCCN(C(=O)Cc2cccc(OCC#N)c2)C1. The van der Waals surface area contributed by atoms with E-state index >= 15 is 0 Å². The molecule has 0 aromatic heterocycles. The van der Waals surface area contributed by atoms with E-state index in [2.05, 4.69) is 0 Å². The van der Waals surface area contributed by atoms with Crippen molar-refractivity contribution < 1.29 is 14.6 Å². The van der Waals surface area contributed by atoms with Gasteiger partial charge in [-0.25, -0.2) is 0 Å². The van der Waals surface area contributed by atoms with E-state index in [1.807, 2.05) is 23.1 Å². The number of carbonyl (C=O) groups excluding carboxylic acids is 1. The van der Waals surface area contributed by atoms with Gasteiger partial charge in [0.2, 0.25) is 5.91 Å². The zero-order valence-corrected chi connectivity index (χ0v) is 12.9. The highest BCUT2D eigenvalue weighted by atomic mass is 16.5. The Morgan fingerprint density at radius 2 is 2.41 bits per heavy atom. The molecule has 1 fully saturated rings. The molecule has 1 aliphatic rings. The molecule has 0 saturated carbocycles. The van der Waals surface area contributed by atoms with Crippen molar-refractivity contribution >= 4 is 5.91 Å². The van der Waals surface area contributed by atoms with Crippen molar-refractivity contribution in [2.75, 3.05) is 19.7 Å². The molecule has 2 atom stereocenters. The summed E-state index contributed by atoms with van der Waals surface area (Å²) >= 11 is 0. The summed E-state index contributed by atoms with van der Waals surface area (Å²) in [5.41, 5.74) is 0.875. The normalized spacial score (nSPS) is 19.3. The maximum Gasteiger partial charge on any atom is 0.227 e. The number of ether oxygens (including phenoxy) is 1. The number of rotatable bonds is 5. The summed E-state index contributed by atoms with van der Waals surface area (Å²) in [6, 6.07) is 9.20. The Hall–Kier alpha value is -2.06. The molecule has 1 aromatic carbocycles. The fraction of sp³-hybridized carbons (Fsp3) is 0.529. The van der Waals surface area contributed by atoms with Crippen molar-refractivity contribution in [2.24, 2.45) is 5.92 Å². The van der Waals surface area contributed by atoms with Gasteiger partial charge in [0.25, 0.3) is 0 Å². The molecule has 1 saturated heterocycles. The van der Waals surface area contributed by atoms with Crippen molar-refractivity contribution in [1.82, 2.24) is 4.90 Å². The van der Waals surface area contributed by atoms with Crippen molar-refractivity contribution in [2.45, 2.75) is 32.3 Å². The molecule has 2 unspecified atom stereocenters. The Morgan fingerprint density at radius 3 is 3.14 bits per heavy atom. The molecular formula is C17H22N2O3. The van der Waals surface area contributed by atoms with Gasteiger partial charge in [-0.05, 0) is 37.5 Å². The van der Waals surface area contributed by atoms with Crippen LogP contribution in [0.4, 0.5) is 0 Å². The van der Waals surface area contributed by atoms with Crippen LogP contribution < -0.4 is 4.74 Å². The maximum absolute atomic E-state index is 12.4. The number of carbonyl (C=O) groups is 1. The lowest BCUT2D eigenvalue weighted by atomic mass is 9.93. The fourth-order valence-corrected chi connectivity index (χ4v) is 2.78. The summed E-state index contributed by atoms with van der Waals surface area (Å²) in [6.45, 7) is 3.17. The number of likely N-dealkylation sites (tertiary alicyclic amines) is 1. The summed E-state index contributed by atoms with van der Waals surface area (Å²) < 4.78 is 5.25. The zero-order chi connectivity index (χ0) is 15.9. The van der Waals surface area contributed by atoms with Crippen LogP contribution in [0, 0.1) is 17.2 Å². The van der Waals surface area contributed by atoms with Crippen LogP contribution in [0.5, 0.6) is 5.75 Å². The van der Waals surface area contributed by atoms with Crippen LogP contribution >= 0.6 is 0 Å². The Morgan fingerprint density at radius 1 is 1.59 bits per heavy atom. The molecule has 0 bridgehead atoms. The van der Waals surface area contributed by atoms with Gasteiger partial charge in [-0.2, -0.15) is 5.26 Å². The molecule has 118 valence electrons. The largest absolute Gasteiger partial charge is 0.479 e. The predicted molar refractivity (Wildman–Crippen MR) is 82.2 cm³/mol. The second-order valence-corrected chi connectivity index (χ2v) is 5.75. The zero-order valence-electron chi connectivity index (χ0n) is 12.9. The van der Waals surface area contributed by atoms with Gasteiger partial charge in [-0.1, -0.05) is 12.1 Å². The summed E-state index contributed by atoms with van der Waals surface area (Å²) in [7, 11) is 0. The second-order valence-electron chi connectivity index (χ2n) is 5.75. The molecular weight excluding hydrogens is 280 g/mol. The van der Waals surface area contributed by atoms with Crippen molar-refractivity contribution in [3.8, 4) is 11.8 Å². The molecule has 1 amide bonds. The Balaban J connectivity index is 1.95. The molecule has 1 aromatic rings. The molecule has 22 heavy (non-hydrogen) atoms. The number of hydrogen-bond donors (Lipinski definition) is 1. The third kappa shape index (κ3) is 4.47. The van der Waals surface area contributed by atoms with Gasteiger partial charge in [0, 0.05) is 19.0 Å². The van der Waals surface area contributed by atoms with E-state index < -0.39 is 0 Å². The molecule has 2 rings (SSSR count). The van der Waals surface area contributed by atoms with Crippen molar-refractivity contribution in [3.63, 3.8) is 0 Å².